The second-order valence-electron chi connectivity index (χ2n) is 12.3. The van der Waals surface area contributed by atoms with Crippen LogP contribution in [0.1, 0.15) is 78.6 Å². The van der Waals surface area contributed by atoms with E-state index in [0.717, 1.165) is 24.8 Å². The van der Waals surface area contributed by atoms with E-state index in [9.17, 15) is 4.79 Å². The molecule has 39 heavy (non-hydrogen) atoms. The lowest BCUT2D eigenvalue weighted by molar-refractivity contribution is 0.0599. The topological polar surface area (TPSA) is 51.7 Å². The number of fused-ring (bicyclic) bond motifs is 1. The third-order valence-electron chi connectivity index (χ3n) is 8.75. The minimum absolute atomic E-state index is 0.212. The largest absolute Gasteiger partial charge is 0.465 e. The van der Waals surface area contributed by atoms with Gasteiger partial charge in [0.1, 0.15) is 0 Å². The molecular weight excluding hydrogens is 500 g/mol. The molecule has 0 N–H and O–H groups in total. The van der Waals surface area contributed by atoms with Gasteiger partial charge >= 0.3 is 5.97 Å². The summed E-state index contributed by atoms with van der Waals surface area (Å²) in [5.74, 6) is 0.194. The molecule has 1 aliphatic carbocycles. The Morgan fingerprint density at radius 2 is 1.79 bits per heavy atom. The van der Waals surface area contributed by atoms with Crippen LogP contribution in [0, 0.1) is 0 Å². The molecule has 0 amide bonds. The van der Waals surface area contributed by atoms with Gasteiger partial charge in [0.25, 0.3) is 0 Å². The van der Waals surface area contributed by atoms with Crippen molar-refractivity contribution < 1.29 is 14.0 Å². The number of hydrogen-bond acceptors (Lipinski definition) is 5. The van der Waals surface area contributed by atoms with Gasteiger partial charge in [-0.2, -0.15) is 0 Å². The molecule has 0 aliphatic heterocycles. The second-order valence-corrected chi connectivity index (χ2v) is 17.1. The van der Waals surface area contributed by atoms with Crippen LogP contribution in [0.5, 0.6) is 0 Å². The molecule has 0 saturated heterocycles. The predicted molar refractivity (Wildman–Crippen MR) is 163 cm³/mol. The first-order valence-electron chi connectivity index (χ1n) is 14.1. The van der Waals surface area contributed by atoms with Crippen LogP contribution in [-0.2, 0) is 28.6 Å². The highest BCUT2D eigenvalue weighted by Crippen LogP contribution is 2.39. The average Bonchev–Trinajstić information content (AvgIpc) is 2.93. The van der Waals surface area contributed by atoms with Crippen molar-refractivity contribution in [2.45, 2.75) is 83.5 Å². The van der Waals surface area contributed by atoms with E-state index in [1.165, 1.54) is 48.0 Å². The van der Waals surface area contributed by atoms with Crippen LogP contribution >= 0.6 is 0 Å². The van der Waals surface area contributed by atoms with Gasteiger partial charge in [0.15, 0.2) is 8.32 Å². The minimum Gasteiger partial charge on any atom is -0.465 e. The highest BCUT2D eigenvalue weighted by molar-refractivity contribution is 6.74. The van der Waals surface area contributed by atoms with E-state index in [1.807, 2.05) is 0 Å². The van der Waals surface area contributed by atoms with Crippen LogP contribution in [-0.4, -0.2) is 33.4 Å². The van der Waals surface area contributed by atoms with Crippen LogP contribution in [0.4, 0.5) is 11.4 Å². The molecule has 1 aromatic heterocycles. The van der Waals surface area contributed by atoms with Crippen molar-refractivity contribution in [1.29, 1.82) is 0 Å². The first-order valence-corrected chi connectivity index (χ1v) is 17.0. The van der Waals surface area contributed by atoms with Crippen LogP contribution < -0.4 is 4.90 Å². The number of aromatic nitrogens is 1. The summed E-state index contributed by atoms with van der Waals surface area (Å²) in [5.41, 5.74) is 8.07. The van der Waals surface area contributed by atoms with E-state index in [2.05, 4.69) is 93.3 Å². The lowest BCUT2D eigenvalue weighted by Crippen LogP contribution is -2.40. The van der Waals surface area contributed by atoms with E-state index in [0.29, 0.717) is 18.1 Å². The summed E-state index contributed by atoms with van der Waals surface area (Å²) in [6.45, 7) is 12.1. The molecule has 5 nitrogen and oxygen atoms in total. The Bertz CT molecular complexity index is 1280. The standard InChI is InChI=1S/C33H44N2O3Si/c1-33(2,3)39(6,7)38-23-24-11-15-28(16-12-24)35(4)29-17-18-30-25(9-8-10-26(30)21-29)13-14-27-22-34-20-19-31(27)32(36)37-5/h11-12,15-22,25H,8-10,13-14,23H2,1-7H3/t25-/m0/s1. The molecule has 6 heteroatoms. The Labute approximate surface area is 235 Å². The summed E-state index contributed by atoms with van der Waals surface area (Å²) in [7, 11) is 1.80. The molecule has 0 spiro atoms. The van der Waals surface area contributed by atoms with Crippen molar-refractivity contribution >= 4 is 25.7 Å². The van der Waals surface area contributed by atoms with Gasteiger partial charge in [-0.15, -0.1) is 0 Å². The van der Waals surface area contributed by atoms with Gasteiger partial charge in [0, 0.05) is 30.8 Å². The summed E-state index contributed by atoms with van der Waals surface area (Å²) in [6, 6.07) is 17.4. The lowest BCUT2D eigenvalue weighted by atomic mass is 9.79. The zero-order valence-electron chi connectivity index (χ0n) is 24.7. The van der Waals surface area contributed by atoms with Crippen LogP contribution in [0.15, 0.2) is 60.9 Å². The molecule has 2 aromatic carbocycles. The summed E-state index contributed by atoms with van der Waals surface area (Å²) < 4.78 is 11.4. The molecule has 0 bridgehead atoms. The summed E-state index contributed by atoms with van der Waals surface area (Å²) in [5, 5.41) is 0.212. The van der Waals surface area contributed by atoms with E-state index in [-0.39, 0.29) is 11.0 Å². The normalized spacial score (nSPS) is 15.5. The first-order chi connectivity index (χ1) is 18.5. The number of methoxy groups -OCH3 is 1. The zero-order chi connectivity index (χ0) is 28.2. The summed E-state index contributed by atoms with van der Waals surface area (Å²) in [6.07, 6.45) is 8.74. The number of esters is 1. The Kier molecular flexibility index (Phi) is 8.97. The fourth-order valence-corrected chi connectivity index (χ4v) is 6.08. The quantitative estimate of drug-likeness (QED) is 0.201. The van der Waals surface area contributed by atoms with Gasteiger partial charge in [0.05, 0.1) is 19.3 Å². The molecule has 1 atom stereocenters. The van der Waals surface area contributed by atoms with Gasteiger partial charge in [-0.1, -0.05) is 39.0 Å². The SMILES string of the molecule is COC(=O)c1ccncc1CC[C@@H]1CCCc2cc(N(C)c3ccc(CO[Si](C)(C)C(C)(C)C)cc3)ccc21. The van der Waals surface area contributed by atoms with Gasteiger partial charge in [0.2, 0.25) is 0 Å². The molecule has 4 rings (SSSR count). The number of carbonyl (C=O) groups is 1. The number of rotatable bonds is 9. The number of carbonyl (C=O) groups excluding carboxylic acids is 1. The minimum atomic E-state index is -1.76. The molecule has 3 aromatic rings. The molecular formula is C33H44N2O3Si. The monoisotopic (exact) mass is 544 g/mol. The summed E-state index contributed by atoms with van der Waals surface area (Å²) >= 11 is 0. The van der Waals surface area contributed by atoms with Crippen LogP contribution in [0.2, 0.25) is 18.1 Å². The number of anilines is 2. The predicted octanol–water partition coefficient (Wildman–Crippen LogP) is 8.21. The van der Waals surface area contributed by atoms with Gasteiger partial charge in [-0.3, -0.25) is 4.98 Å². The van der Waals surface area contributed by atoms with Crippen molar-refractivity contribution in [3.63, 3.8) is 0 Å². The fourth-order valence-electron chi connectivity index (χ4n) is 5.12. The summed E-state index contributed by atoms with van der Waals surface area (Å²) in [4.78, 5) is 18.7. The van der Waals surface area contributed by atoms with Crippen molar-refractivity contribution in [3.05, 3.63) is 88.7 Å². The van der Waals surface area contributed by atoms with Crippen LogP contribution in [0.3, 0.4) is 0 Å². The number of nitrogens with zero attached hydrogens (tertiary/aromatic N) is 2. The number of hydrogen-bond donors (Lipinski definition) is 0. The molecule has 1 heterocycles. The van der Waals surface area contributed by atoms with E-state index in [1.54, 1.807) is 18.5 Å². The molecule has 0 saturated carbocycles. The lowest BCUT2D eigenvalue weighted by Gasteiger charge is -2.36. The van der Waals surface area contributed by atoms with Crippen molar-refractivity contribution in [2.75, 3.05) is 19.1 Å². The molecule has 1 aliphatic rings. The smallest absolute Gasteiger partial charge is 0.338 e. The number of ether oxygens (including phenoxy) is 1. The fraction of sp³-hybridized carbons (Fsp3) is 0.455. The Hall–Kier alpha value is -2.96. The van der Waals surface area contributed by atoms with Crippen molar-refractivity contribution in [2.24, 2.45) is 0 Å². The highest BCUT2D eigenvalue weighted by Gasteiger charge is 2.37. The molecule has 0 fully saturated rings. The maximum absolute atomic E-state index is 12.2. The van der Waals surface area contributed by atoms with E-state index in [4.69, 9.17) is 9.16 Å². The molecule has 208 valence electrons. The van der Waals surface area contributed by atoms with Gasteiger partial charge < -0.3 is 14.1 Å². The number of pyridine rings is 1. The molecule has 0 radical (unpaired) electrons. The Morgan fingerprint density at radius 3 is 2.49 bits per heavy atom. The Morgan fingerprint density at radius 1 is 1.08 bits per heavy atom. The Balaban J connectivity index is 1.43. The van der Waals surface area contributed by atoms with E-state index >= 15 is 0 Å². The third-order valence-corrected chi connectivity index (χ3v) is 13.2. The van der Waals surface area contributed by atoms with Gasteiger partial charge in [-0.05, 0) is 109 Å². The second kappa shape index (κ2) is 12.1. The maximum Gasteiger partial charge on any atom is 0.338 e. The van der Waals surface area contributed by atoms with E-state index < -0.39 is 8.32 Å². The van der Waals surface area contributed by atoms with Crippen molar-refractivity contribution in [1.82, 2.24) is 4.98 Å². The zero-order valence-corrected chi connectivity index (χ0v) is 25.7. The highest BCUT2D eigenvalue weighted by atomic mass is 28.4. The third kappa shape index (κ3) is 6.79. The number of aryl methyl sites for hydroxylation is 2. The van der Waals surface area contributed by atoms with Crippen molar-refractivity contribution in [3.8, 4) is 0 Å². The molecule has 0 unspecified atom stereocenters. The first kappa shape index (κ1) is 29.0. The average molecular weight is 545 g/mol. The number of benzene rings is 2. The van der Waals surface area contributed by atoms with Crippen LogP contribution in [0.25, 0.3) is 0 Å². The maximum atomic E-state index is 12.2. The van der Waals surface area contributed by atoms with Gasteiger partial charge in [-0.25, -0.2) is 4.79 Å².